The standard InChI is InChI=1S/C32H33N3O4/c1-8-22-14-16-24(17-15-22)28(29(36)33-26-19-18-23-12-10-11-13-25(23)20-26)35(9-2)30(37)27(21(3)4)34-31(38)39-32(5,6)7/h1-2,10-21,27-28H,3-7H3,(H,33,36)(H,34,38). The molecule has 3 rings (SSSR count). The molecule has 0 aliphatic rings. The lowest BCUT2D eigenvalue weighted by atomic mass is 9.98. The fraction of sp³-hybridized carbons (Fsp3) is 0.281. The highest BCUT2D eigenvalue weighted by Gasteiger charge is 2.37. The van der Waals surface area contributed by atoms with Crippen LogP contribution in [0, 0.1) is 30.7 Å². The van der Waals surface area contributed by atoms with E-state index >= 15 is 0 Å². The zero-order chi connectivity index (χ0) is 28.7. The molecular formula is C32H33N3O4. The van der Waals surface area contributed by atoms with Crippen molar-refractivity contribution >= 4 is 34.4 Å². The van der Waals surface area contributed by atoms with Crippen LogP contribution in [-0.2, 0) is 14.3 Å². The number of hydrogen-bond donors (Lipinski definition) is 2. The zero-order valence-corrected chi connectivity index (χ0v) is 22.8. The zero-order valence-electron chi connectivity index (χ0n) is 22.8. The molecule has 0 aromatic heterocycles. The molecule has 0 aliphatic heterocycles. The summed E-state index contributed by atoms with van der Waals surface area (Å²) in [6.45, 7) is 8.69. The Hall–Kier alpha value is -4.75. The van der Waals surface area contributed by atoms with Crippen LogP contribution in [0.1, 0.15) is 51.8 Å². The molecule has 3 aromatic rings. The van der Waals surface area contributed by atoms with Crippen LogP contribution in [0.5, 0.6) is 0 Å². The molecule has 0 spiro atoms. The fourth-order valence-electron chi connectivity index (χ4n) is 4.02. The number of hydrogen-bond acceptors (Lipinski definition) is 4. The van der Waals surface area contributed by atoms with Gasteiger partial charge in [0.2, 0.25) is 0 Å². The number of anilines is 1. The van der Waals surface area contributed by atoms with Gasteiger partial charge < -0.3 is 15.4 Å². The molecular weight excluding hydrogens is 490 g/mol. The molecule has 200 valence electrons. The van der Waals surface area contributed by atoms with Crippen LogP contribution in [-0.4, -0.2) is 34.5 Å². The van der Waals surface area contributed by atoms with Crippen molar-refractivity contribution in [1.29, 1.82) is 0 Å². The van der Waals surface area contributed by atoms with Crippen LogP contribution >= 0.6 is 0 Å². The molecule has 2 N–H and O–H groups in total. The Morgan fingerprint density at radius 1 is 0.923 bits per heavy atom. The number of ether oxygens (including phenoxy) is 1. The van der Waals surface area contributed by atoms with Gasteiger partial charge in [-0.1, -0.05) is 68.7 Å². The number of benzene rings is 3. The van der Waals surface area contributed by atoms with Crippen molar-refractivity contribution in [2.75, 3.05) is 5.32 Å². The van der Waals surface area contributed by atoms with Crippen molar-refractivity contribution in [3.05, 3.63) is 77.9 Å². The summed E-state index contributed by atoms with van der Waals surface area (Å²) in [6, 6.07) is 20.0. The Morgan fingerprint density at radius 3 is 2.13 bits per heavy atom. The second-order valence-corrected chi connectivity index (χ2v) is 10.4. The third kappa shape index (κ3) is 7.40. The largest absolute Gasteiger partial charge is 0.444 e. The van der Waals surface area contributed by atoms with Crippen LogP contribution in [0.2, 0.25) is 0 Å². The molecule has 0 saturated carbocycles. The first-order valence-electron chi connectivity index (χ1n) is 12.6. The van der Waals surface area contributed by atoms with Gasteiger partial charge in [0.1, 0.15) is 17.7 Å². The number of nitrogens with one attached hydrogen (secondary N) is 2. The van der Waals surface area contributed by atoms with Gasteiger partial charge in [-0.2, -0.15) is 0 Å². The van der Waals surface area contributed by atoms with Crippen molar-refractivity contribution in [2.45, 2.75) is 52.3 Å². The van der Waals surface area contributed by atoms with E-state index in [9.17, 15) is 14.4 Å². The van der Waals surface area contributed by atoms with Crippen molar-refractivity contribution in [2.24, 2.45) is 5.92 Å². The first-order chi connectivity index (χ1) is 18.4. The number of nitrogens with zero attached hydrogens (tertiary/aromatic N) is 1. The molecule has 2 unspecified atom stereocenters. The van der Waals surface area contributed by atoms with E-state index in [4.69, 9.17) is 17.6 Å². The van der Waals surface area contributed by atoms with E-state index in [0.717, 1.165) is 15.7 Å². The maximum Gasteiger partial charge on any atom is 0.408 e. The maximum absolute atomic E-state index is 13.8. The molecule has 39 heavy (non-hydrogen) atoms. The van der Waals surface area contributed by atoms with E-state index in [1.807, 2.05) is 36.4 Å². The highest BCUT2D eigenvalue weighted by atomic mass is 16.6. The summed E-state index contributed by atoms with van der Waals surface area (Å²) in [4.78, 5) is 41.1. The summed E-state index contributed by atoms with van der Waals surface area (Å²) in [7, 11) is 0. The van der Waals surface area contributed by atoms with Gasteiger partial charge in [0.05, 0.1) is 0 Å². The monoisotopic (exact) mass is 523 g/mol. The Labute approximate surface area is 229 Å². The molecule has 0 heterocycles. The van der Waals surface area contributed by atoms with Crippen LogP contribution < -0.4 is 10.6 Å². The molecule has 7 heteroatoms. The van der Waals surface area contributed by atoms with Crippen LogP contribution in [0.25, 0.3) is 10.8 Å². The van der Waals surface area contributed by atoms with E-state index in [-0.39, 0.29) is 5.92 Å². The van der Waals surface area contributed by atoms with E-state index in [2.05, 4.69) is 22.6 Å². The molecule has 3 amide bonds. The lowest BCUT2D eigenvalue weighted by Crippen LogP contribution is -2.53. The minimum atomic E-state index is -1.21. The number of terminal acetylenes is 2. The van der Waals surface area contributed by atoms with Gasteiger partial charge in [-0.05, 0) is 67.3 Å². The minimum absolute atomic E-state index is 0.353. The molecule has 0 fully saturated rings. The van der Waals surface area contributed by atoms with Crippen molar-refractivity contribution in [3.8, 4) is 24.8 Å². The predicted octanol–water partition coefficient (Wildman–Crippen LogP) is 5.47. The second kappa shape index (κ2) is 12.2. The van der Waals surface area contributed by atoms with Gasteiger partial charge >= 0.3 is 6.09 Å². The Bertz CT molecular complexity index is 1440. The number of fused-ring (bicyclic) bond motifs is 1. The van der Waals surface area contributed by atoms with Gasteiger partial charge in [0, 0.05) is 17.3 Å². The number of alkyl carbamates (subject to hydrolysis) is 1. The smallest absolute Gasteiger partial charge is 0.408 e. The first kappa shape index (κ1) is 28.8. The van der Waals surface area contributed by atoms with E-state index < -0.39 is 35.6 Å². The lowest BCUT2D eigenvalue weighted by Gasteiger charge is -2.31. The highest BCUT2D eigenvalue weighted by molar-refractivity contribution is 6.01. The summed E-state index contributed by atoms with van der Waals surface area (Å²) in [5, 5.41) is 7.46. The normalized spacial score (nSPS) is 12.5. The summed E-state index contributed by atoms with van der Waals surface area (Å²) in [5.74, 6) is 1.03. The van der Waals surface area contributed by atoms with Crippen LogP contribution in [0.3, 0.4) is 0 Å². The molecule has 0 aliphatic carbocycles. The lowest BCUT2D eigenvalue weighted by molar-refractivity contribution is -0.137. The quantitative estimate of drug-likeness (QED) is 0.318. The first-order valence-corrected chi connectivity index (χ1v) is 12.6. The maximum atomic E-state index is 13.8. The fourth-order valence-corrected chi connectivity index (χ4v) is 4.02. The Balaban J connectivity index is 1.98. The van der Waals surface area contributed by atoms with E-state index in [0.29, 0.717) is 16.8 Å². The molecule has 0 radical (unpaired) electrons. The number of carbonyl (C=O) groups excluding carboxylic acids is 3. The summed E-state index contributed by atoms with van der Waals surface area (Å²) in [5.41, 5.74) is 0.846. The second-order valence-electron chi connectivity index (χ2n) is 10.4. The topological polar surface area (TPSA) is 87.7 Å². The number of amides is 3. The SMILES string of the molecule is C#Cc1ccc(C(C(=O)Nc2ccc3ccccc3c2)N(C#C)C(=O)C(NC(=O)OC(C)(C)C)C(C)C)cc1. The summed E-state index contributed by atoms with van der Waals surface area (Å²) >= 11 is 0. The van der Waals surface area contributed by atoms with Crippen LogP contribution in [0.15, 0.2) is 66.7 Å². The molecule has 0 bridgehead atoms. The van der Waals surface area contributed by atoms with Gasteiger partial charge in [-0.25, -0.2) is 4.79 Å². The summed E-state index contributed by atoms with van der Waals surface area (Å²) < 4.78 is 5.34. The summed E-state index contributed by atoms with van der Waals surface area (Å²) in [6.07, 6.45) is 10.6. The molecule has 7 nitrogen and oxygen atoms in total. The Kier molecular flexibility index (Phi) is 9.01. The highest BCUT2D eigenvalue weighted by Crippen LogP contribution is 2.26. The van der Waals surface area contributed by atoms with Crippen molar-refractivity contribution < 1.29 is 19.1 Å². The molecule has 2 atom stereocenters. The Morgan fingerprint density at radius 2 is 1.56 bits per heavy atom. The number of carbonyl (C=O) groups is 3. The minimum Gasteiger partial charge on any atom is -0.444 e. The van der Waals surface area contributed by atoms with Gasteiger partial charge in [-0.3, -0.25) is 14.5 Å². The molecule has 3 aromatic carbocycles. The molecule has 0 saturated heterocycles. The van der Waals surface area contributed by atoms with Gasteiger partial charge in [-0.15, -0.1) is 6.42 Å². The van der Waals surface area contributed by atoms with E-state index in [1.165, 1.54) is 0 Å². The van der Waals surface area contributed by atoms with Crippen molar-refractivity contribution in [1.82, 2.24) is 10.2 Å². The van der Waals surface area contributed by atoms with Gasteiger partial charge in [0.15, 0.2) is 0 Å². The van der Waals surface area contributed by atoms with Crippen molar-refractivity contribution in [3.63, 3.8) is 0 Å². The average Bonchev–Trinajstić information content (AvgIpc) is 2.88. The van der Waals surface area contributed by atoms with Crippen LogP contribution in [0.4, 0.5) is 10.5 Å². The van der Waals surface area contributed by atoms with Gasteiger partial charge in [0.25, 0.3) is 11.8 Å². The van der Waals surface area contributed by atoms with E-state index in [1.54, 1.807) is 65.0 Å². The predicted molar refractivity (Wildman–Crippen MR) is 153 cm³/mol. The third-order valence-electron chi connectivity index (χ3n) is 5.90. The average molecular weight is 524 g/mol. The number of rotatable bonds is 7. The third-order valence-corrected chi connectivity index (χ3v) is 5.90.